The molecule has 1 aromatic heterocycles. The van der Waals surface area contributed by atoms with Crippen molar-refractivity contribution in [2.75, 3.05) is 19.0 Å². The quantitative estimate of drug-likeness (QED) is 0.544. The van der Waals surface area contributed by atoms with Gasteiger partial charge in [0.25, 0.3) is 5.91 Å². The molecule has 0 atom stereocenters. The number of amides is 1. The van der Waals surface area contributed by atoms with Gasteiger partial charge in [-0.1, -0.05) is 0 Å². The van der Waals surface area contributed by atoms with Crippen LogP contribution in [-0.2, 0) is 4.74 Å². The van der Waals surface area contributed by atoms with Crippen LogP contribution in [0, 0.1) is 0 Å². The minimum atomic E-state index is -3.05. The maximum absolute atomic E-state index is 12.6. The third-order valence-corrected chi connectivity index (χ3v) is 4.11. The molecule has 31 heavy (non-hydrogen) atoms. The number of carbonyl (C=O) groups is 2. The number of benzene rings is 2. The molecule has 0 bridgehead atoms. The van der Waals surface area contributed by atoms with Crippen molar-refractivity contribution >= 4 is 17.6 Å². The lowest BCUT2D eigenvalue weighted by atomic mass is 10.1. The number of carbonyl (C=O) groups excluding carboxylic acids is 2. The van der Waals surface area contributed by atoms with Gasteiger partial charge < -0.3 is 19.5 Å². The second-order valence-corrected chi connectivity index (χ2v) is 6.11. The van der Waals surface area contributed by atoms with Crippen molar-refractivity contribution in [1.82, 2.24) is 9.78 Å². The van der Waals surface area contributed by atoms with Gasteiger partial charge >= 0.3 is 12.6 Å². The molecule has 1 amide bonds. The zero-order valence-electron chi connectivity index (χ0n) is 16.7. The van der Waals surface area contributed by atoms with Crippen LogP contribution in [0.5, 0.6) is 11.5 Å². The number of nitrogens with one attached hydrogen (secondary N) is 1. The standard InChI is InChI=1S/C21H19F2N3O5/c1-3-30-20(28)16-10-11-26(25-16)15-7-5-14(6-8-15)24-19(27)13-4-9-17(29-2)18(12-13)31-21(22)23/h4-12,21H,3H2,1-2H3,(H,24,27). The molecule has 3 aromatic rings. The molecule has 3 rings (SSSR count). The molecule has 1 heterocycles. The monoisotopic (exact) mass is 431 g/mol. The molecule has 0 radical (unpaired) electrons. The summed E-state index contributed by atoms with van der Waals surface area (Å²) in [6.07, 6.45) is 1.61. The molecular weight excluding hydrogens is 412 g/mol. The van der Waals surface area contributed by atoms with Crippen molar-refractivity contribution in [2.24, 2.45) is 0 Å². The first-order chi connectivity index (χ1) is 14.9. The molecule has 0 aliphatic carbocycles. The molecule has 1 N–H and O–H groups in total. The molecule has 0 unspecified atom stereocenters. The maximum atomic E-state index is 12.6. The molecule has 0 spiro atoms. The normalized spacial score (nSPS) is 10.6. The van der Waals surface area contributed by atoms with Crippen molar-refractivity contribution in [3.8, 4) is 17.2 Å². The molecule has 0 saturated carbocycles. The van der Waals surface area contributed by atoms with E-state index in [0.29, 0.717) is 11.4 Å². The lowest BCUT2D eigenvalue weighted by Gasteiger charge is -2.12. The summed E-state index contributed by atoms with van der Waals surface area (Å²) in [5, 5.41) is 6.82. The second-order valence-electron chi connectivity index (χ2n) is 6.11. The van der Waals surface area contributed by atoms with Crippen LogP contribution in [0.25, 0.3) is 5.69 Å². The molecule has 0 saturated heterocycles. The number of aromatic nitrogens is 2. The molecule has 0 aliphatic rings. The number of hydrogen-bond donors (Lipinski definition) is 1. The lowest BCUT2D eigenvalue weighted by Crippen LogP contribution is -2.13. The molecule has 162 valence electrons. The van der Waals surface area contributed by atoms with Gasteiger partial charge in [-0.15, -0.1) is 0 Å². The zero-order chi connectivity index (χ0) is 22.4. The van der Waals surface area contributed by atoms with Gasteiger partial charge in [0, 0.05) is 17.4 Å². The molecule has 2 aromatic carbocycles. The highest BCUT2D eigenvalue weighted by Gasteiger charge is 2.15. The third kappa shape index (κ3) is 5.35. The third-order valence-electron chi connectivity index (χ3n) is 4.11. The molecule has 0 fully saturated rings. The zero-order valence-corrected chi connectivity index (χ0v) is 16.7. The summed E-state index contributed by atoms with van der Waals surface area (Å²) in [4.78, 5) is 24.2. The van der Waals surface area contributed by atoms with Gasteiger partial charge in [0.15, 0.2) is 17.2 Å². The van der Waals surface area contributed by atoms with Gasteiger partial charge in [0.05, 0.1) is 19.4 Å². The predicted octanol–water partition coefficient (Wildman–Crippen LogP) is 3.91. The Bertz CT molecular complexity index is 1070. The maximum Gasteiger partial charge on any atom is 0.387 e. The first kappa shape index (κ1) is 21.8. The molecule has 0 aliphatic heterocycles. The summed E-state index contributed by atoms with van der Waals surface area (Å²) in [5.74, 6) is -1.18. The fourth-order valence-electron chi connectivity index (χ4n) is 2.69. The van der Waals surface area contributed by atoms with Gasteiger partial charge in [-0.05, 0) is 55.5 Å². The van der Waals surface area contributed by atoms with E-state index in [4.69, 9.17) is 9.47 Å². The van der Waals surface area contributed by atoms with E-state index in [-0.39, 0.29) is 29.4 Å². The number of anilines is 1. The number of methoxy groups -OCH3 is 1. The van der Waals surface area contributed by atoms with Crippen LogP contribution in [-0.4, -0.2) is 42.0 Å². The van der Waals surface area contributed by atoms with E-state index in [0.717, 1.165) is 0 Å². The van der Waals surface area contributed by atoms with Gasteiger partial charge in [-0.25, -0.2) is 9.48 Å². The summed E-state index contributed by atoms with van der Waals surface area (Å²) < 4.78 is 40.9. The SMILES string of the molecule is CCOC(=O)c1ccn(-c2ccc(NC(=O)c3ccc(OC)c(OC(F)F)c3)cc2)n1. The van der Waals surface area contributed by atoms with E-state index in [1.807, 2.05) is 0 Å². The van der Waals surface area contributed by atoms with Crippen molar-refractivity contribution in [2.45, 2.75) is 13.5 Å². The Balaban J connectivity index is 1.71. The van der Waals surface area contributed by atoms with Crippen molar-refractivity contribution < 1.29 is 32.6 Å². The highest BCUT2D eigenvalue weighted by molar-refractivity contribution is 6.04. The number of nitrogens with zero attached hydrogens (tertiary/aromatic N) is 2. The van der Waals surface area contributed by atoms with Crippen LogP contribution in [0.15, 0.2) is 54.7 Å². The highest BCUT2D eigenvalue weighted by Crippen LogP contribution is 2.29. The Labute approximate surface area is 176 Å². The van der Waals surface area contributed by atoms with Crippen molar-refractivity contribution in [1.29, 1.82) is 0 Å². The second kappa shape index (κ2) is 9.70. The van der Waals surface area contributed by atoms with Crippen LogP contribution in [0.1, 0.15) is 27.8 Å². The number of alkyl halides is 2. The highest BCUT2D eigenvalue weighted by atomic mass is 19.3. The Morgan fingerprint density at radius 2 is 1.84 bits per heavy atom. The van der Waals surface area contributed by atoms with Crippen molar-refractivity contribution in [3.05, 3.63) is 66.0 Å². The average Bonchev–Trinajstić information content (AvgIpc) is 3.24. The van der Waals surface area contributed by atoms with Crippen molar-refractivity contribution in [3.63, 3.8) is 0 Å². The number of halogens is 2. The lowest BCUT2D eigenvalue weighted by molar-refractivity contribution is -0.0512. The fraction of sp³-hybridized carbons (Fsp3) is 0.190. The minimum absolute atomic E-state index is 0.0858. The molecular formula is C21H19F2N3O5. The summed E-state index contributed by atoms with van der Waals surface area (Å²) in [6, 6.07) is 12.2. The summed E-state index contributed by atoms with van der Waals surface area (Å²) in [6.45, 7) is -1.09. The number of esters is 1. The topological polar surface area (TPSA) is 91.7 Å². The van der Waals surface area contributed by atoms with Crippen LogP contribution in [0.4, 0.5) is 14.5 Å². The molecule has 10 heteroatoms. The summed E-state index contributed by atoms with van der Waals surface area (Å²) in [5.41, 5.74) is 1.43. The summed E-state index contributed by atoms with van der Waals surface area (Å²) in [7, 11) is 1.31. The Morgan fingerprint density at radius 3 is 2.48 bits per heavy atom. The van der Waals surface area contributed by atoms with Gasteiger partial charge in [0.1, 0.15) is 0 Å². The van der Waals surface area contributed by atoms with Crippen LogP contribution in [0.3, 0.4) is 0 Å². The van der Waals surface area contributed by atoms with Gasteiger partial charge in [0.2, 0.25) is 0 Å². The number of ether oxygens (including phenoxy) is 3. The Kier molecular flexibility index (Phi) is 6.81. The van der Waals surface area contributed by atoms with Gasteiger partial charge in [-0.2, -0.15) is 13.9 Å². The van der Waals surface area contributed by atoms with E-state index < -0.39 is 18.5 Å². The predicted molar refractivity (Wildman–Crippen MR) is 107 cm³/mol. The van der Waals surface area contributed by atoms with Crippen LogP contribution >= 0.6 is 0 Å². The van der Waals surface area contributed by atoms with Gasteiger partial charge in [-0.3, -0.25) is 4.79 Å². The number of rotatable bonds is 8. The Hall–Kier alpha value is -3.95. The summed E-state index contributed by atoms with van der Waals surface area (Å²) >= 11 is 0. The minimum Gasteiger partial charge on any atom is -0.493 e. The molecule has 8 nitrogen and oxygen atoms in total. The average molecular weight is 431 g/mol. The van der Waals surface area contributed by atoms with E-state index in [2.05, 4.69) is 15.2 Å². The number of hydrogen-bond acceptors (Lipinski definition) is 6. The largest absolute Gasteiger partial charge is 0.493 e. The van der Waals surface area contributed by atoms with E-state index in [1.54, 1.807) is 37.4 Å². The van der Waals surface area contributed by atoms with Crippen LogP contribution in [0.2, 0.25) is 0 Å². The van der Waals surface area contributed by atoms with E-state index >= 15 is 0 Å². The van der Waals surface area contributed by atoms with Crippen LogP contribution < -0.4 is 14.8 Å². The first-order valence-corrected chi connectivity index (χ1v) is 9.18. The smallest absolute Gasteiger partial charge is 0.387 e. The van der Waals surface area contributed by atoms with E-state index in [9.17, 15) is 18.4 Å². The first-order valence-electron chi connectivity index (χ1n) is 9.18. The fourth-order valence-corrected chi connectivity index (χ4v) is 2.69. The Morgan fingerprint density at radius 1 is 1.10 bits per heavy atom. The van der Waals surface area contributed by atoms with E-state index in [1.165, 1.54) is 36.1 Å².